The molecular weight excluding hydrogens is 734 g/mol. The van der Waals surface area contributed by atoms with Crippen molar-refractivity contribution in [1.82, 2.24) is 14.9 Å². The summed E-state index contributed by atoms with van der Waals surface area (Å²) in [5.41, 5.74) is -0.258. The summed E-state index contributed by atoms with van der Waals surface area (Å²) in [6, 6.07) is 13.4. The molecule has 0 aliphatic carbocycles. The Bertz CT molecular complexity index is 2010. The van der Waals surface area contributed by atoms with Crippen LogP contribution in [0.15, 0.2) is 78.1 Å². The van der Waals surface area contributed by atoms with Crippen LogP contribution in [-0.4, -0.2) is 82.4 Å². The number of hydrogen-bond donors (Lipinski definition) is 0. The smallest absolute Gasteiger partial charge is 0.416 e. The average Bonchev–Trinajstić information content (AvgIpc) is 3.71. The number of piperidine rings is 1. The van der Waals surface area contributed by atoms with Crippen LogP contribution in [-0.2, 0) is 33.9 Å². The summed E-state index contributed by atoms with van der Waals surface area (Å²) in [4.78, 5) is 10.8. The molecule has 0 bridgehead atoms. The van der Waals surface area contributed by atoms with Crippen LogP contribution < -0.4 is 18.7 Å². The molecule has 3 heterocycles. The van der Waals surface area contributed by atoms with Gasteiger partial charge in [0.05, 0.1) is 32.9 Å². The van der Waals surface area contributed by atoms with Crippen LogP contribution in [0, 0.1) is 11.6 Å². The van der Waals surface area contributed by atoms with Crippen molar-refractivity contribution in [3.05, 3.63) is 102 Å². The Morgan fingerprint density at radius 2 is 1.81 bits per heavy atom. The second kappa shape index (κ2) is 16.1. The summed E-state index contributed by atoms with van der Waals surface area (Å²) in [7, 11) is -0.0837. The first kappa shape index (κ1) is 39.2. The second-order valence-corrected chi connectivity index (χ2v) is 15.4. The monoisotopic (exact) mass is 775 g/mol. The molecule has 54 heavy (non-hydrogen) atoms. The van der Waals surface area contributed by atoms with Crippen molar-refractivity contribution in [1.29, 1.82) is 0 Å². The molecular formula is C38H42F5N5O5S. The summed E-state index contributed by atoms with van der Waals surface area (Å²) in [5.74, 6) is -1.95. The van der Waals surface area contributed by atoms with Gasteiger partial charge in [-0.15, -0.1) is 0 Å². The molecule has 6 rings (SSSR count). The van der Waals surface area contributed by atoms with E-state index >= 15 is 8.78 Å². The predicted molar refractivity (Wildman–Crippen MR) is 192 cm³/mol. The number of nitrogens with zero attached hydrogens (tertiary/aromatic N) is 5. The van der Waals surface area contributed by atoms with Crippen molar-refractivity contribution < 1.29 is 44.6 Å². The Balaban J connectivity index is 1.32. The summed E-state index contributed by atoms with van der Waals surface area (Å²) in [6.45, 7) is 1.41. The maximum absolute atomic E-state index is 16.3. The highest BCUT2D eigenvalue weighted by molar-refractivity contribution is 7.92. The zero-order valence-electron chi connectivity index (χ0n) is 30.2. The maximum Gasteiger partial charge on any atom is 0.416 e. The number of likely N-dealkylation sites (N-methyl/N-ethyl adjacent to an activating group) is 1. The Hall–Kier alpha value is -4.54. The van der Waals surface area contributed by atoms with Gasteiger partial charge in [0.25, 0.3) is 10.0 Å². The molecule has 2 saturated heterocycles. The highest BCUT2D eigenvalue weighted by Gasteiger charge is 2.43. The molecule has 2 fully saturated rings. The van der Waals surface area contributed by atoms with Gasteiger partial charge in [0.2, 0.25) is 0 Å². The minimum atomic E-state index is -4.92. The third-order valence-electron chi connectivity index (χ3n) is 10.4. The molecule has 0 amide bonds. The first-order chi connectivity index (χ1) is 25.8. The van der Waals surface area contributed by atoms with Crippen molar-refractivity contribution in [3.63, 3.8) is 0 Å². The quantitative estimate of drug-likeness (QED) is 0.135. The minimum Gasteiger partial charge on any atom is -0.497 e. The van der Waals surface area contributed by atoms with Crippen molar-refractivity contribution in [3.8, 4) is 11.5 Å². The van der Waals surface area contributed by atoms with E-state index in [1.54, 1.807) is 24.3 Å². The van der Waals surface area contributed by atoms with Crippen LogP contribution in [0.3, 0.4) is 0 Å². The lowest BCUT2D eigenvalue weighted by atomic mass is 9.80. The first-order valence-electron chi connectivity index (χ1n) is 17.5. The number of benzene rings is 3. The number of rotatable bonds is 13. The minimum absolute atomic E-state index is 0.0459. The van der Waals surface area contributed by atoms with Gasteiger partial charge in [-0.05, 0) is 75.0 Å². The fourth-order valence-electron chi connectivity index (χ4n) is 7.44. The van der Waals surface area contributed by atoms with Crippen molar-refractivity contribution in [2.75, 3.05) is 56.8 Å². The van der Waals surface area contributed by atoms with Crippen LogP contribution in [0.1, 0.15) is 42.4 Å². The van der Waals surface area contributed by atoms with E-state index in [1.807, 2.05) is 11.9 Å². The number of halogens is 5. The first-order valence-corrected chi connectivity index (χ1v) is 18.9. The topological polar surface area (TPSA) is 97.3 Å². The van der Waals surface area contributed by atoms with Crippen LogP contribution >= 0.6 is 0 Å². The second-order valence-electron chi connectivity index (χ2n) is 13.6. The summed E-state index contributed by atoms with van der Waals surface area (Å²) < 4.78 is 119. The lowest BCUT2D eigenvalue weighted by Gasteiger charge is -2.51. The zero-order valence-corrected chi connectivity index (χ0v) is 31.0. The number of aromatic nitrogens is 2. The Morgan fingerprint density at radius 1 is 1.04 bits per heavy atom. The lowest BCUT2D eigenvalue weighted by Crippen LogP contribution is -2.60. The van der Waals surface area contributed by atoms with Crippen LogP contribution in [0.4, 0.5) is 33.5 Å². The molecule has 16 heteroatoms. The van der Waals surface area contributed by atoms with Crippen LogP contribution in [0.5, 0.6) is 11.5 Å². The number of ether oxygens (including phenoxy) is 3. The molecule has 10 nitrogen and oxygen atoms in total. The highest BCUT2D eigenvalue weighted by Crippen LogP contribution is 2.39. The molecule has 290 valence electrons. The molecule has 0 radical (unpaired) electrons. The normalized spacial score (nSPS) is 19.3. The van der Waals surface area contributed by atoms with Gasteiger partial charge >= 0.3 is 6.18 Å². The maximum atomic E-state index is 16.3. The number of alkyl halides is 3. The molecule has 2 atom stereocenters. The Labute approximate surface area is 311 Å². The third-order valence-corrected chi connectivity index (χ3v) is 12.2. The summed E-state index contributed by atoms with van der Waals surface area (Å²) >= 11 is 0. The molecule has 0 N–H and O–H groups in total. The molecule has 4 aromatic rings. The molecule has 2 aliphatic rings. The number of hydrogen-bond acceptors (Lipinski definition) is 9. The largest absolute Gasteiger partial charge is 0.497 e. The van der Waals surface area contributed by atoms with E-state index in [0.717, 1.165) is 41.3 Å². The van der Waals surface area contributed by atoms with E-state index in [1.165, 1.54) is 32.5 Å². The third kappa shape index (κ3) is 8.25. The predicted octanol–water partition coefficient (Wildman–Crippen LogP) is 6.88. The van der Waals surface area contributed by atoms with Crippen LogP contribution in [0.25, 0.3) is 0 Å². The van der Waals surface area contributed by atoms with E-state index < -0.39 is 43.8 Å². The number of anilines is 2. The van der Waals surface area contributed by atoms with Gasteiger partial charge < -0.3 is 19.1 Å². The number of methoxy groups -OCH3 is 2. The molecule has 0 spiro atoms. The highest BCUT2D eigenvalue weighted by atomic mass is 32.2. The van der Waals surface area contributed by atoms with Crippen molar-refractivity contribution in [2.45, 2.75) is 61.3 Å². The molecule has 0 saturated carbocycles. The fraction of sp³-hybridized carbons (Fsp3) is 0.421. The van der Waals surface area contributed by atoms with E-state index in [-0.39, 0.29) is 29.8 Å². The van der Waals surface area contributed by atoms with Gasteiger partial charge in [-0.25, -0.2) is 31.5 Å². The fourth-order valence-corrected chi connectivity index (χ4v) is 8.93. The van der Waals surface area contributed by atoms with E-state index in [4.69, 9.17) is 14.2 Å². The molecule has 2 aliphatic heterocycles. The van der Waals surface area contributed by atoms with Gasteiger partial charge in [0, 0.05) is 60.9 Å². The van der Waals surface area contributed by atoms with Gasteiger partial charge in [-0.3, -0.25) is 4.90 Å². The SMILES string of the molecule is COc1ccc(CN(c2ccncn2)S(=O)(=O)c2c(F)cc(N3CCC[C@](CCc4cccc(C(F)(F)F)c4)(N(C)[C@H]4CCOC4)C3)cc2F)c(OC)c1. The van der Waals surface area contributed by atoms with E-state index in [0.29, 0.717) is 68.9 Å². The van der Waals surface area contributed by atoms with E-state index in [9.17, 15) is 21.6 Å². The standard InChI is InChI=1S/C38H42F5N5O5S/c1-46(29-12-17-53-23-29)37(14-10-26-6-4-7-28(18-26)38(41,42)43)13-5-16-47(24-37)30-19-32(39)36(33(40)20-30)54(49,50)48(35-11-15-44-25-45-35)22-27-8-9-31(51-2)21-34(27)52-3/h4,6-9,11,15,18-21,25,29H,5,10,12-14,16-17,22-24H2,1-3H3/t29-,37+/m0/s1. The van der Waals surface area contributed by atoms with E-state index in [2.05, 4.69) is 14.9 Å². The molecule has 1 aromatic heterocycles. The Morgan fingerprint density at radius 3 is 2.46 bits per heavy atom. The zero-order chi connectivity index (χ0) is 38.7. The van der Waals surface area contributed by atoms with Gasteiger partial charge in [0.15, 0.2) is 4.90 Å². The van der Waals surface area contributed by atoms with Gasteiger partial charge in [-0.1, -0.05) is 18.2 Å². The summed E-state index contributed by atoms with van der Waals surface area (Å²) in [5, 5.41) is 0. The van der Waals surface area contributed by atoms with Crippen LogP contribution in [0.2, 0.25) is 0 Å². The number of aryl methyl sites for hydroxylation is 1. The van der Waals surface area contributed by atoms with Gasteiger partial charge in [0.1, 0.15) is 35.3 Å². The lowest BCUT2D eigenvalue weighted by molar-refractivity contribution is -0.137. The Kier molecular flexibility index (Phi) is 11.6. The van der Waals surface area contributed by atoms with Crippen molar-refractivity contribution >= 4 is 21.5 Å². The summed E-state index contributed by atoms with van der Waals surface area (Å²) in [6.07, 6.45) is 0.855. The average molecular weight is 776 g/mol. The van der Waals surface area contributed by atoms with Gasteiger partial charge in [-0.2, -0.15) is 13.2 Å². The molecule has 3 aromatic carbocycles. The van der Waals surface area contributed by atoms with Crippen molar-refractivity contribution in [2.24, 2.45) is 0 Å². The molecule has 0 unspecified atom stereocenters. The number of sulfonamides is 1.